The fraction of sp³-hybridized carbons (Fsp3) is 0.412. The first kappa shape index (κ1) is 15.3. The fourth-order valence-electron chi connectivity index (χ4n) is 2.06. The van der Waals surface area contributed by atoms with E-state index in [0.29, 0.717) is 6.04 Å². The minimum atomic E-state index is 0.414. The van der Waals surface area contributed by atoms with Crippen molar-refractivity contribution in [2.75, 3.05) is 16.8 Å². The zero-order valence-electron chi connectivity index (χ0n) is 13.1. The van der Waals surface area contributed by atoms with Gasteiger partial charge in [0.25, 0.3) is 0 Å². The number of benzene rings is 1. The molecular weight excluding hydrogens is 260 g/mol. The van der Waals surface area contributed by atoms with Crippen LogP contribution in [0.5, 0.6) is 0 Å². The largest absolute Gasteiger partial charge is 0.367 e. The standard InChI is InChI=1S/C17H24N4/c1-4-14(3)19-16-11-12-18-17(20-16)21(5-2)13-15-9-7-6-8-10-15/h6-12,14H,4-5,13H2,1-3H3,(H,18,19,20). The van der Waals surface area contributed by atoms with Gasteiger partial charge in [-0.05, 0) is 31.9 Å². The predicted octanol–water partition coefficient (Wildman–Crippen LogP) is 3.71. The Labute approximate surface area is 127 Å². The molecule has 1 aromatic carbocycles. The fourth-order valence-corrected chi connectivity index (χ4v) is 2.06. The summed E-state index contributed by atoms with van der Waals surface area (Å²) in [6.07, 6.45) is 2.89. The van der Waals surface area contributed by atoms with Crippen molar-refractivity contribution in [3.8, 4) is 0 Å². The normalized spacial score (nSPS) is 12.0. The second kappa shape index (κ2) is 7.62. The molecule has 1 unspecified atom stereocenters. The molecule has 4 nitrogen and oxygen atoms in total. The van der Waals surface area contributed by atoms with Gasteiger partial charge in [-0.2, -0.15) is 4.98 Å². The molecule has 1 aromatic heterocycles. The quantitative estimate of drug-likeness (QED) is 0.841. The average Bonchev–Trinajstić information content (AvgIpc) is 2.53. The monoisotopic (exact) mass is 284 g/mol. The molecule has 0 amide bonds. The first-order chi connectivity index (χ1) is 10.2. The molecule has 21 heavy (non-hydrogen) atoms. The van der Waals surface area contributed by atoms with Crippen molar-refractivity contribution < 1.29 is 0 Å². The average molecular weight is 284 g/mol. The van der Waals surface area contributed by atoms with Crippen molar-refractivity contribution in [1.29, 1.82) is 0 Å². The lowest BCUT2D eigenvalue weighted by molar-refractivity contribution is 0.752. The summed E-state index contributed by atoms with van der Waals surface area (Å²) in [5, 5.41) is 3.40. The summed E-state index contributed by atoms with van der Waals surface area (Å²) >= 11 is 0. The SMILES string of the molecule is CCC(C)Nc1ccnc(N(CC)Cc2ccccc2)n1. The van der Waals surface area contributed by atoms with E-state index in [9.17, 15) is 0 Å². The van der Waals surface area contributed by atoms with E-state index in [1.54, 1.807) is 0 Å². The molecule has 0 aliphatic carbocycles. The molecular formula is C17H24N4. The van der Waals surface area contributed by atoms with E-state index in [1.807, 2.05) is 18.3 Å². The molecule has 0 saturated carbocycles. The molecule has 0 fully saturated rings. The van der Waals surface area contributed by atoms with E-state index < -0.39 is 0 Å². The topological polar surface area (TPSA) is 41.1 Å². The zero-order chi connectivity index (χ0) is 15.1. The van der Waals surface area contributed by atoms with Gasteiger partial charge in [0.2, 0.25) is 5.95 Å². The summed E-state index contributed by atoms with van der Waals surface area (Å²) < 4.78 is 0. The van der Waals surface area contributed by atoms with E-state index in [2.05, 4.69) is 65.2 Å². The van der Waals surface area contributed by atoms with Crippen LogP contribution >= 0.6 is 0 Å². The molecule has 1 heterocycles. The smallest absolute Gasteiger partial charge is 0.227 e. The third-order valence-electron chi connectivity index (χ3n) is 3.53. The van der Waals surface area contributed by atoms with Crippen molar-refractivity contribution in [1.82, 2.24) is 9.97 Å². The second-order valence-electron chi connectivity index (χ2n) is 5.20. The summed E-state index contributed by atoms with van der Waals surface area (Å²) in [5.74, 6) is 1.66. The van der Waals surface area contributed by atoms with Gasteiger partial charge in [-0.1, -0.05) is 37.3 Å². The molecule has 1 N–H and O–H groups in total. The number of anilines is 2. The van der Waals surface area contributed by atoms with Crippen LogP contribution in [0, 0.1) is 0 Å². The molecule has 0 aliphatic heterocycles. The Balaban J connectivity index is 2.12. The molecule has 2 rings (SSSR count). The van der Waals surface area contributed by atoms with Crippen LogP contribution in [0.3, 0.4) is 0 Å². The molecule has 2 aromatic rings. The van der Waals surface area contributed by atoms with Gasteiger partial charge >= 0.3 is 0 Å². The van der Waals surface area contributed by atoms with E-state index in [0.717, 1.165) is 31.3 Å². The van der Waals surface area contributed by atoms with Gasteiger partial charge < -0.3 is 10.2 Å². The number of nitrogens with zero attached hydrogens (tertiary/aromatic N) is 3. The van der Waals surface area contributed by atoms with Crippen molar-refractivity contribution >= 4 is 11.8 Å². The molecule has 4 heteroatoms. The van der Waals surface area contributed by atoms with Crippen molar-refractivity contribution in [3.05, 3.63) is 48.2 Å². The minimum absolute atomic E-state index is 0.414. The minimum Gasteiger partial charge on any atom is -0.367 e. The van der Waals surface area contributed by atoms with Crippen LogP contribution in [0.1, 0.15) is 32.8 Å². The van der Waals surface area contributed by atoms with E-state index in [4.69, 9.17) is 0 Å². The Kier molecular flexibility index (Phi) is 5.55. The molecule has 1 atom stereocenters. The van der Waals surface area contributed by atoms with Crippen LogP contribution in [0.2, 0.25) is 0 Å². The number of aromatic nitrogens is 2. The van der Waals surface area contributed by atoms with Crippen LogP contribution in [-0.2, 0) is 6.54 Å². The lowest BCUT2D eigenvalue weighted by atomic mass is 10.2. The van der Waals surface area contributed by atoms with Crippen LogP contribution in [-0.4, -0.2) is 22.6 Å². The van der Waals surface area contributed by atoms with Gasteiger partial charge in [-0.15, -0.1) is 0 Å². The lowest BCUT2D eigenvalue weighted by Gasteiger charge is -2.22. The van der Waals surface area contributed by atoms with E-state index in [1.165, 1.54) is 5.56 Å². The number of nitrogens with one attached hydrogen (secondary N) is 1. The van der Waals surface area contributed by atoms with Gasteiger partial charge in [-0.3, -0.25) is 0 Å². The highest BCUT2D eigenvalue weighted by Crippen LogP contribution is 2.15. The van der Waals surface area contributed by atoms with Crippen LogP contribution in [0.25, 0.3) is 0 Å². The summed E-state index contributed by atoms with van der Waals surface area (Å²) in [6, 6.07) is 12.7. The molecule has 112 valence electrons. The maximum Gasteiger partial charge on any atom is 0.227 e. The molecule has 0 saturated heterocycles. The maximum atomic E-state index is 4.63. The van der Waals surface area contributed by atoms with Crippen LogP contribution < -0.4 is 10.2 Å². The van der Waals surface area contributed by atoms with Crippen LogP contribution in [0.15, 0.2) is 42.6 Å². The molecule has 0 spiro atoms. The van der Waals surface area contributed by atoms with Crippen molar-refractivity contribution in [2.45, 2.75) is 39.8 Å². The van der Waals surface area contributed by atoms with Crippen molar-refractivity contribution in [3.63, 3.8) is 0 Å². The number of rotatable bonds is 7. The van der Waals surface area contributed by atoms with Gasteiger partial charge in [-0.25, -0.2) is 4.98 Å². The summed E-state index contributed by atoms with van der Waals surface area (Å²) in [7, 11) is 0. The Morgan fingerprint density at radius 1 is 1.14 bits per heavy atom. The first-order valence-electron chi connectivity index (χ1n) is 7.61. The molecule has 0 aliphatic rings. The second-order valence-corrected chi connectivity index (χ2v) is 5.20. The highest BCUT2D eigenvalue weighted by molar-refractivity contribution is 5.42. The Bertz CT molecular complexity index is 541. The number of hydrogen-bond acceptors (Lipinski definition) is 4. The van der Waals surface area contributed by atoms with Crippen LogP contribution in [0.4, 0.5) is 11.8 Å². The van der Waals surface area contributed by atoms with E-state index >= 15 is 0 Å². The van der Waals surface area contributed by atoms with Gasteiger partial charge in [0.15, 0.2) is 0 Å². The zero-order valence-corrected chi connectivity index (χ0v) is 13.1. The Hall–Kier alpha value is -2.10. The van der Waals surface area contributed by atoms with Crippen molar-refractivity contribution in [2.24, 2.45) is 0 Å². The molecule has 0 radical (unpaired) electrons. The predicted molar refractivity (Wildman–Crippen MR) is 88.6 cm³/mol. The number of hydrogen-bond donors (Lipinski definition) is 1. The highest BCUT2D eigenvalue weighted by Gasteiger charge is 2.09. The van der Waals surface area contributed by atoms with Gasteiger partial charge in [0.05, 0.1) is 0 Å². The maximum absolute atomic E-state index is 4.63. The lowest BCUT2D eigenvalue weighted by Crippen LogP contribution is -2.25. The molecule has 0 bridgehead atoms. The van der Waals surface area contributed by atoms with Gasteiger partial charge in [0, 0.05) is 25.3 Å². The van der Waals surface area contributed by atoms with E-state index in [-0.39, 0.29) is 0 Å². The van der Waals surface area contributed by atoms with Gasteiger partial charge in [0.1, 0.15) is 5.82 Å². The summed E-state index contributed by atoms with van der Waals surface area (Å²) in [5.41, 5.74) is 1.27. The Morgan fingerprint density at radius 3 is 2.57 bits per heavy atom. The highest BCUT2D eigenvalue weighted by atomic mass is 15.3. The summed E-state index contributed by atoms with van der Waals surface area (Å²) in [6.45, 7) is 8.14. The summed E-state index contributed by atoms with van der Waals surface area (Å²) in [4.78, 5) is 11.2. The third kappa shape index (κ3) is 4.45. The Morgan fingerprint density at radius 2 is 1.90 bits per heavy atom. The first-order valence-corrected chi connectivity index (χ1v) is 7.61. The third-order valence-corrected chi connectivity index (χ3v) is 3.53.